The van der Waals surface area contributed by atoms with Crippen LogP contribution in [0.25, 0.3) is 0 Å². The van der Waals surface area contributed by atoms with Gasteiger partial charge in [0.1, 0.15) is 5.75 Å². The highest BCUT2D eigenvalue weighted by atomic mass is 16.5. The Bertz CT molecular complexity index is 411. The molecule has 0 bridgehead atoms. The molecule has 0 amide bonds. The second kappa shape index (κ2) is 5.72. The van der Waals surface area contributed by atoms with E-state index < -0.39 is 6.10 Å². The van der Waals surface area contributed by atoms with Crippen molar-refractivity contribution in [2.24, 2.45) is 0 Å². The zero-order valence-corrected chi connectivity index (χ0v) is 11.6. The third-order valence-electron chi connectivity index (χ3n) is 3.77. The van der Waals surface area contributed by atoms with Gasteiger partial charge >= 0.3 is 0 Å². The number of aliphatic hydroxyl groups is 1. The summed E-state index contributed by atoms with van der Waals surface area (Å²) in [5.74, 6) is 0.893. The Morgan fingerprint density at radius 3 is 2.50 bits per heavy atom. The summed E-state index contributed by atoms with van der Waals surface area (Å²) in [6.45, 7) is 7.03. The molecule has 1 aromatic rings. The van der Waals surface area contributed by atoms with Gasteiger partial charge in [0, 0.05) is 6.54 Å². The summed E-state index contributed by atoms with van der Waals surface area (Å²) < 4.78 is 5.30. The van der Waals surface area contributed by atoms with Gasteiger partial charge in [-0.05, 0) is 68.6 Å². The van der Waals surface area contributed by atoms with Crippen LogP contribution in [0.1, 0.15) is 35.6 Å². The van der Waals surface area contributed by atoms with Gasteiger partial charge in [0.15, 0.2) is 0 Å². The number of likely N-dealkylation sites (tertiary alicyclic amines) is 1. The van der Waals surface area contributed by atoms with Crippen LogP contribution in [0.4, 0.5) is 0 Å². The molecule has 3 heteroatoms. The summed E-state index contributed by atoms with van der Waals surface area (Å²) in [6, 6.07) is 4.06. The molecular weight excluding hydrogens is 226 g/mol. The minimum atomic E-state index is -0.396. The monoisotopic (exact) mass is 249 g/mol. The van der Waals surface area contributed by atoms with Crippen LogP contribution < -0.4 is 4.74 Å². The van der Waals surface area contributed by atoms with E-state index in [1.54, 1.807) is 7.11 Å². The van der Waals surface area contributed by atoms with Crippen molar-refractivity contribution in [2.75, 3.05) is 26.7 Å². The Balaban J connectivity index is 2.13. The van der Waals surface area contributed by atoms with Crippen LogP contribution in [-0.2, 0) is 0 Å². The van der Waals surface area contributed by atoms with Crippen LogP contribution in [0.15, 0.2) is 12.1 Å². The Labute approximate surface area is 109 Å². The van der Waals surface area contributed by atoms with Crippen molar-refractivity contribution in [1.29, 1.82) is 0 Å². The Hall–Kier alpha value is -1.06. The highest BCUT2D eigenvalue weighted by Gasteiger charge is 2.19. The second-order valence-electron chi connectivity index (χ2n) is 5.20. The molecule has 0 saturated carbocycles. The van der Waals surface area contributed by atoms with Gasteiger partial charge in [-0.15, -0.1) is 0 Å². The van der Waals surface area contributed by atoms with Crippen LogP contribution in [0.3, 0.4) is 0 Å². The van der Waals surface area contributed by atoms with E-state index >= 15 is 0 Å². The highest BCUT2D eigenvalue weighted by molar-refractivity contribution is 5.42. The molecule has 0 spiro atoms. The van der Waals surface area contributed by atoms with Crippen molar-refractivity contribution in [3.8, 4) is 5.75 Å². The molecule has 1 aliphatic heterocycles. The predicted molar refractivity (Wildman–Crippen MR) is 73.1 cm³/mol. The molecule has 18 heavy (non-hydrogen) atoms. The molecule has 1 saturated heterocycles. The summed E-state index contributed by atoms with van der Waals surface area (Å²) in [5.41, 5.74) is 3.21. The first-order valence-electron chi connectivity index (χ1n) is 6.67. The number of hydrogen-bond donors (Lipinski definition) is 1. The Morgan fingerprint density at radius 2 is 1.89 bits per heavy atom. The average Bonchev–Trinajstić information content (AvgIpc) is 2.84. The third-order valence-corrected chi connectivity index (χ3v) is 3.77. The standard InChI is InChI=1S/C15H23NO2/c1-11-9-15(18-3)12(2)8-13(11)14(17)10-16-6-4-5-7-16/h8-9,14,17H,4-7,10H2,1-3H3. The molecule has 1 atom stereocenters. The number of β-amino-alcohol motifs (C(OH)–C–C–N with tert-alkyl or cyclic N) is 1. The van der Waals surface area contributed by atoms with Crippen LogP contribution in [0, 0.1) is 13.8 Å². The number of hydrogen-bond acceptors (Lipinski definition) is 3. The fourth-order valence-electron chi connectivity index (χ4n) is 2.70. The lowest BCUT2D eigenvalue weighted by Crippen LogP contribution is -2.25. The van der Waals surface area contributed by atoms with Crippen LogP contribution in [-0.4, -0.2) is 36.8 Å². The van der Waals surface area contributed by atoms with E-state index in [9.17, 15) is 5.11 Å². The lowest BCUT2D eigenvalue weighted by Gasteiger charge is -2.22. The molecule has 3 nitrogen and oxygen atoms in total. The molecule has 1 aliphatic rings. The zero-order chi connectivity index (χ0) is 13.1. The Morgan fingerprint density at radius 1 is 1.22 bits per heavy atom. The van der Waals surface area contributed by atoms with Gasteiger partial charge in [0.25, 0.3) is 0 Å². The molecule has 0 radical (unpaired) electrons. The number of aryl methyl sites for hydroxylation is 2. The van der Waals surface area contributed by atoms with Gasteiger partial charge < -0.3 is 14.7 Å². The number of rotatable bonds is 4. The van der Waals surface area contributed by atoms with Crippen molar-refractivity contribution in [2.45, 2.75) is 32.8 Å². The third kappa shape index (κ3) is 2.85. The first-order chi connectivity index (χ1) is 8.61. The molecule has 0 aliphatic carbocycles. The zero-order valence-electron chi connectivity index (χ0n) is 11.6. The molecule has 0 aromatic heterocycles. The smallest absolute Gasteiger partial charge is 0.122 e. The number of aliphatic hydroxyl groups excluding tert-OH is 1. The van der Waals surface area contributed by atoms with Crippen molar-refractivity contribution in [1.82, 2.24) is 4.90 Å². The molecule has 2 rings (SSSR count). The molecule has 1 fully saturated rings. The van der Waals surface area contributed by atoms with Gasteiger partial charge in [-0.1, -0.05) is 0 Å². The van der Waals surface area contributed by atoms with Crippen molar-refractivity contribution in [3.63, 3.8) is 0 Å². The van der Waals surface area contributed by atoms with Gasteiger partial charge in [0.05, 0.1) is 13.2 Å². The van der Waals surface area contributed by atoms with Crippen LogP contribution in [0.5, 0.6) is 5.75 Å². The number of methoxy groups -OCH3 is 1. The number of nitrogens with zero attached hydrogens (tertiary/aromatic N) is 1. The first kappa shape index (κ1) is 13.4. The summed E-state index contributed by atoms with van der Waals surface area (Å²) in [7, 11) is 1.68. The maximum atomic E-state index is 10.4. The van der Waals surface area contributed by atoms with Gasteiger partial charge in [-0.25, -0.2) is 0 Å². The summed E-state index contributed by atoms with van der Waals surface area (Å²) in [4.78, 5) is 2.34. The summed E-state index contributed by atoms with van der Waals surface area (Å²) in [5, 5.41) is 10.4. The van der Waals surface area contributed by atoms with Crippen LogP contribution in [0.2, 0.25) is 0 Å². The average molecular weight is 249 g/mol. The number of ether oxygens (including phenoxy) is 1. The van der Waals surface area contributed by atoms with E-state index in [1.807, 2.05) is 19.9 Å². The lowest BCUT2D eigenvalue weighted by molar-refractivity contribution is 0.125. The fourth-order valence-corrected chi connectivity index (χ4v) is 2.70. The number of benzene rings is 1. The highest BCUT2D eigenvalue weighted by Crippen LogP contribution is 2.27. The summed E-state index contributed by atoms with van der Waals surface area (Å²) in [6.07, 6.45) is 2.12. The molecule has 100 valence electrons. The molecule has 1 N–H and O–H groups in total. The van der Waals surface area contributed by atoms with E-state index in [0.717, 1.165) is 42.1 Å². The van der Waals surface area contributed by atoms with E-state index in [4.69, 9.17) is 4.74 Å². The molecule has 1 unspecified atom stereocenters. The summed E-state index contributed by atoms with van der Waals surface area (Å²) >= 11 is 0. The van der Waals surface area contributed by atoms with Crippen molar-refractivity contribution in [3.05, 3.63) is 28.8 Å². The topological polar surface area (TPSA) is 32.7 Å². The second-order valence-corrected chi connectivity index (χ2v) is 5.20. The quantitative estimate of drug-likeness (QED) is 0.889. The molecule has 1 heterocycles. The Kier molecular flexibility index (Phi) is 4.25. The SMILES string of the molecule is COc1cc(C)c(C(O)CN2CCCC2)cc1C. The maximum absolute atomic E-state index is 10.4. The molecule has 1 aromatic carbocycles. The minimum absolute atomic E-state index is 0.396. The fraction of sp³-hybridized carbons (Fsp3) is 0.600. The van der Waals surface area contributed by atoms with Gasteiger partial charge in [-0.2, -0.15) is 0 Å². The maximum Gasteiger partial charge on any atom is 0.122 e. The van der Waals surface area contributed by atoms with Crippen molar-refractivity contribution < 1.29 is 9.84 Å². The van der Waals surface area contributed by atoms with Gasteiger partial charge in [0.2, 0.25) is 0 Å². The normalized spacial score (nSPS) is 18.0. The van der Waals surface area contributed by atoms with E-state index in [0.29, 0.717) is 0 Å². The molecular formula is C15H23NO2. The minimum Gasteiger partial charge on any atom is -0.496 e. The van der Waals surface area contributed by atoms with Crippen LogP contribution >= 0.6 is 0 Å². The van der Waals surface area contributed by atoms with Crippen molar-refractivity contribution >= 4 is 0 Å². The van der Waals surface area contributed by atoms with Gasteiger partial charge in [-0.3, -0.25) is 0 Å². The van der Waals surface area contributed by atoms with E-state index in [-0.39, 0.29) is 0 Å². The van der Waals surface area contributed by atoms with E-state index in [2.05, 4.69) is 11.0 Å². The van der Waals surface area contributed by atoms with E-state index in [1.165, 1.54) is 12.8 Å². The first-order valence-corrected chi connectivity index (χ1v) is 6.67. The lowest BCUT2D eigenvalue weighted by atomic mass is 9.99. The predicted octanol–water partition coefficient (Wildman–Crippen LogP) is 2.44. The largest absolute Gasteiger partial charge is 0.496 e.